The summed E-state index contributed by atoms with van der Waals surface area (Å²) in [6.07, 6.45) is 1.19. The first-order chi connectivity index (χ1) is 10.0. The maximum Gasteiger partial charge on any atom is 0.418 e. The van der Waals surface area contributed by atoms with Crippen LogP contribution in [0.3, 0.4) is 0 Å². The van der Waals surface area contributed by atoms with Gasteiger partial charge in [-0.25, -0.2) is 0 Å². The van der Waals surface area contributed by atoms with Crippen molar-refractivity contribution in [3.05, 3.63) is 29.3 Å². The van der Waals surface area contributed by atoms with Gasteiger partial charge in [-0.3, -0.25) is 0 Å². The summed E-state index contributed by atoms with van der Waals surface area (Å²) in [5.74, 6) is 0.669. The van der Waals surface area contributed by atoms with Crippen molar-refractivity contribution in [2.45, 2.75) is 50.2 Å². The second kappa shape index (κ2) is 5.71. The molecule has 2 aliphatic rings. The molecule has 21 heavy (non-hydrogen) atoms. The smallest absolute Gasteiger partial charge is 0.368 e. The Morgan fingerprint density at radius 3 is 2.62 bits per heavy atom. The third-order valence-corrected chi connectivity index (χ3v) is 5.15. The minimum atomic E-state index is -4.33. The highest BCUT2D eigenvalue weighted by atomic mass is 35.5. The fourth-order valence-electron chi connectivity index (χ4n) is 3.85. The lowest BCUT2D eigenvalue weighted by Gasteiger charge is -2.34. The Hall–Kier alpha value is -0.900. The van der Waals surface area contributed by atoms with Crippen LogP contribution >= 0.6 is 11.6 Å². The zero-order chi connectivity index (χ0) is 15.0. The molecule has 2 atom stereocenters. The first kappa shape index (κ1) is 15.0. The van der Waals surface area contributed by atoms with Gasteiger partial charge in [0.15, 0.2) is 0 Å². The van der Waals surface area contributed by atoms with Gasteiger partial charge >= 0.3 is 6.18 Å². The number of alkyl halides is 4. The number of halogens is 4. The quantitative estimate of drug-likeness (QED) is 0.676. The molecule has 0 bridgehead atoms. The normalized spacial score (nSPS) is 26.0. The van der Waals surface area contributed by atoms with Crippen LogP contribution in [0, 0.1) is 5.92 Å². The Morgan fingerprint density at radius 2 is 1.90 bits per heavy atom. The molecule has 1 aromatic carbocycles. The highest BCUT2D eigenvalue weighted by molar-refractivity contribution is 6.17. The number of hydrogen-bond donors (Lipinski definition) is 0. The number of fused-ring (bicyclic) bond motifs is 1. The van der Waals surface area contributed by atoms with Gasteiger partial charge in [-0.15, -0.1) is 11.6 Å². The van der Waals surface area contributed by atoms with E-state index in [1.165, 1.54) is 12.5 Å². The molecule has 2 fully saturated rings. The predicted molar refractivity (Wildman–Crippen MR) is 78.7 cm³/mol. The van der Waals surface area contributed by atoms with Crippen molar-refractivity contribution >= 4 is 17.3 Å². The topological polar surface area (TPSA) is 3.24 Å². The van der Waals surface area contributed by atoms with Crippen molar-refractivity contribution in [1.29, 1.82) is 0 Å². The predicted octanol–water partition coefficient (Wildman–Crippen LogP) is 5.21. The number of nitrogens with zero attached hydrogens (tertiary/aromatic N) is 1. The molecule has 0 amide bonds. The average molecular weight is 318 g/mol. The Balaban J connectivity index is 1.98. The van der Waals surface area contributed by atoms with Gasteiger partial charge in [0.25, 0.3) is 0 Å². The minimum absolute atomic E-state index is 0.107. The van der Waals surface area contributed by atoms with Crippen LogP contribution in [0.5, 0.6) is 0 Å². The molecular weight excluding hydrogens is 299 g/mol. The van der Waals surface area contributed by atoms with Crippen LogP contribution in [0.15, 0.2) is 18.2 Å². The highest BCUT2D eigenvalue weighted by Gasteiger charge is 2.41. The van der Waals surface area contributed by atoms with E-state index in [1.807, 2.05) is 4.90 Å². The first-order valence-electron chi connectivity index (χ1n) is 7.53. The van der Waals surface area contributed by atoms with Gasteiger partial charge in [-0.05, 0) is 42.9 Å². The largest absolute Gasteiger partial charge is 0.418 e. The summed E-state index contributed by atoms with van der Waals surface area (Å²) in [7, 11) is 0. The molecule has 1 heterocycles. The van der Waals surface area contributed by atoms with Crippen molar-refractivity contribution in [2.75, 3.05) is 11.4 Å². The first-order valence-corrected chi connectivity index (χ1v) is 8.07. The Labute approximate surface area is 128 Å². The summed E-state index contributed by atoms with van der Waals surface area (Å²) in [5.41, 5.74) is 0.324. The van der Waals surface area contributed by atoms with E-state index in [-0.39, 0.29) is 11.9 Å². The lowest BCUT2D eigenvalue weighted by molar-refractivity contribution is -0.137. The van der Waals surface area contributed by atoms with Crippen LogP contribution in [0.2, 0.25) is 0 Å². The van der Waals surface area contributed by atoms with Gasteiger partial charge in [0.2, 0.25) is 0 Å². The van der Waals surface area contributed by atoms with E-state index < -0.39 is 11.7 Å². The second-order valence-corrected chi connectivity index (χ2v) is 6.34. The average Bonchev–Trinajstić information content (AvgIpc) is 2.89. The standard InChI is InChI=1S/C16H19ClF3N/c17-10-11-5-6-15(13(9-11)16(18,19)20)21-8-7-12-3-1-2-4-14(12)21/h5-6,9,12,14H,1-4,7-8,10H2. The summed E-state index contributed by atoms with van der Waals surface area (Å²) in [6.45, 7) is 0.735. The zero-order valence-corrected chi connectivity index (χ0v) is 12.6. The fourth-order valence-corrected chi connectivity index (χ4v) is 4.02. The molecule has 2 unspecified atom stereocenters. The summed E-state index contributed by atoms with van der Waals surface area (Å²) < 4.78 is 40.1. The molecule has 1 aliphatic heterocycles. The second-order valence-electron chi connectivity index (χ2n) is 6.08. The van der Waals surface area contributed by atoms with Crippen molar-refractivity contribution in [3.8, 4) is 0 Å². The van der Waals surface area contributed by atoms with Crippen LogP contribution in [-0.4, -0.2) is 12.6 Å². The van der Waals surface area contributed by atoms with E-state index in [2.05, 4.69) is 0 Å². The Morgan fingerprint density at radius 1 is 1.14 bits per heavy atom. The molecule has 5 heteroatoms. The number of rotatable bonds is 2. The summed E-state index contributed by atoms with van der Waals surface area (Å²) in [4.78, 5) is 1.99. The minimum Gasteiger partial charge on any atom is -0.368 e. The maximum absolute atomic E-state index is 13.4. The van der Waals surface area contributed by atoms with Gasteiger partial charge in [0, 0.05) is 24.2 Å². The van der Waals surface area contributed by atoms with Crippen molar-refractivity contribution in [2.24, 2.45) is 5.92 Å². The summed E-state index contributed by atoms with van der Waals surface area (Å²) >= 11 is 5.69. The van der Waals surface area contributed by atoms with Gasteiger partial charge in [-0.1, -0.05) is 18.9 Å². The van der Waals surface area contributed by atoms with Gasteiger partial charge < -0.3 is 4.90 Å². The molecule has 1 saturated carbocycles. The Kier molecular flexibility index (Phi) is 4.08. The van der Waals surface area contributed by atoms with Crippen LogP contribution in [0.25, 0.3) is 0 Å². The van der Waals surface area contributed by atoms with Gasteiger partial charge in [0.1, 0.15) is 0 Å². The lowest BCUT2D eigenvalue weighted by Crippen LogP contribution is -2.36. The van der Waals surface area contributed by atoms with E-state index >= 15 is 0 Å². The van der Waals surface area contributed by atoms with Crippen LogP contribution in [0.4, 0.5) is 18.9 Å². The molecule has 0 radical (unpaired) electrons. The SMILES string of the molecule is FC(F)(F)c1cc(CCl)ccc1N1CCC2CCCCC21. The van der Waals surface area contributed by atoms with E-state index in [9.17, 15) is 13.2 Å². The number of benzene rings is 1. The van der Waals surface area contributed by atoms with Crippen molar-refractivity contribution < 1.29 is 13.2 Å². The molecule has 116 valence electrons. The number of anilines is 1. The molecule has 0 N–H and O–H groups in total. The van der Waals surface area contributed by atoms with Crippen LogP contribution in [0.1, 0.15) is 43.2 Å². The zero-order valence-electron chi connectivity index (χ0n) is 11.8. The lowest BCUT2D eigenvalue weighted by atomic mass is 9.85. The molecule has 1 saturated heterocycles. The van der Waals surface area contributed by atoms with Gasteiger partial charge in [0.05, 0.1) is 5.56 Å². The van der Waals surface area contributed by atoms with E-state index in [0.29, 0.717) is 17.2 Å². The fraction of sp³-hybridized carbons (Fsp3) is 0.625. The van der Waals surface area contributed by atoms with E-state index in [0.717, 1.165) is 32.2 Å². The Bertz CT molecular complexity index is 515. The third kappa shape index (κ3) is 2.87. The van der Waals surface area contributed by atoms with Crippen molar-refractivity contribution in [3.63, 3.8) is 0 Å². The molecule has 0 spiro atoms. The van der Waals surface area contributed by atoms with Crippen molar-refractivity contribution in [1.82, 2.24) is 0 Å². The molecular formula is C16H19ClF3N. The monoisotopic (exact) mass is 317 g/mol. The summed E-state index contributed by atoms with van der Waals surface area (Å²) in [6, 6.07) is 4.81. The van der Waals surface area contributed by atoms with E-state index in [4.69, 9.17) is 11.6 Å². The summed E-state index contributed by atoms with van der Waals surface area (Å²) in [5, 5.41) is 0. The number of hydrogen-bond acceptors (Lipinski definition) is 1. The molecule has 1 aromatic rings. The molecule has 0 aromatic heterocycles. The van der Waals surface area contributed by atoms with Gasteiger partial charge in [-0.2, -0.15) is 13.2 Å². The van der Waals surface area contributed by atoms with Crippen LogP contribution < -0.4 is 4.90 Å². The maximum atomic E-state index is 13.4. The highest BCUT2D eigenvalue weighted by Crippen LogP contribution is 2.44. The molecule has 1 nitrogen and oxygen atoms in total. The molecule has 1 aliphatic carbocycles. The third-order valence-electron chi connectivity index (χ3n) is 4.84. The van der Waals surface area contributed by atoms with E-state index in [1.54, 1.807) is 12.1 Å². The molecule has 3 rings (SSSR count). The van der Waals surface area contributed by atoms with Crippen LogP contribution in [-0.2, 0) is 12.1 Å².